The van der Waals surface area contributed by atoms with E-state index in [2.05, 4.69) is 15.9 Å². The molecule has 0 radical (unpaired) electrons. The molecule has 0 aliphatic carbocycles. The lowest BCUT2D eigenvalue weighted by atomic mass is 10.2. The Kier molecular flexibility index (Phi) is 4.93. The zero-order valence-electron chi connectivity index (χ0n) is 12.5. The van der Waals surface area contributed by atoms with Crippen LogP contribution < -0.4 is 9.64 Å². The van der Waals surface area contributed by atoms with Crippen LogP contribution in [0.4, 0.5) is 5.69 Å². The highest BCUT2D eigenvalue weighted by atomic mass is 79.9. The monoisotopic (exact) mass is 421 g/mol. The van der Waals surface area contributed by atoms with Gasteiger partial charge in [-0.15, -0.1) is 0 Å². The summed E-state index contributed by atoms with van der Waals surface area (Å²) < 4.78 is 6.51. The summed E-state index contributed by atoms with van der Waals surface area (Å²) in [7, 11) is 1.48. The molecule has 7 heteroatoms. The second kappa shape index (κ2) is 6.96. The molecule has 2 aromatic carbocycles. The molecule has 0 spiro atoms. The molecule has 0 bridgehead atoms. The zero-order chi connectivity index (χ0) is 17.3. The van der Waals surface area contributed by atoms with E-state index in [1.807, 2.05) is 24.3 Å². The van der Waals surface area contributed by atoms with Crippen molar-refractivity contribution in [1.82, 2.24) is 0 Å². The maximum atomic E-state index is 12.7. The Balaban J connectivity index is 1.92. The van der Waals surface area contributed by atoms with Crippen molar-refractivity contribution < 1.29 is 14.6 Å². The van der Waals surface area contributed by atoms with Crippen LogP contribution in [0, 0.1) is 0 Å². The Morgan fingerprint density at radius 1 is 1.25 bits per heavy atom. The minimum absolute atomic E-state index is 0.0528. The van der Waals surface area contributed by atoms with Crippen molar-refractivity contribution in [3.8, 4) is 11.5 Å². The zero-order valence-corrected chi connectivity index (χ0v) is 15.7. The van der Waals surface area contributed by atoms with Gasteiger partial charge in [0, 0.05) is 4.47 Å². The van der Waals surface area contributed by atoms with Crippen molar-refractivity contribution in [1.29, 1.82) is 0 Å². The summed E-state index contributed by atoms with van der Waals surface area (Å²) in [5, 5.41) is 9.65. The number of ether oxygens (including phenoxy) is 1. The highest BCUT2D eigenvalue weighted by molar-refractivity contribution is 9.10. The van der Waals surface area contributed by atoms with E-state index in [9.17, 15) is 9.90 Å². The topological polar surface area (TPSA) is 49.8 Å². The number of nitrogens with zero attached hydrogens (tertiary/aromatic N) is 1. The van der Waals surface area contributed by atoms with Crippen LogP contribution in [0.3, 0.4) is 0 Å². The average Bonchev–Trinajstić information content (AvgIpc) is 2.84. The minimum Gasteiger partial charge on any atom is -0.504 e. The molecule has 0 unspecified atom stereocenters. The molecule has 1 N–H and O–H groups in total. The number of aromatic hydroxyl groups is 1. The Hall–Kier alpha value is -1.83. The lowest BCUT2D eigenvalue weighted by Crippen LogP contribution is -2.27. The maximum Gasteiger partial charge on any atom is 0.270 e. The first-order valence-electron chi connectivity index (χ1n) is 6.90. The summed E-state index contributed by atoms with van der Waals surface area (Å²) in [5.41, 5.74) is 1.48. The third-order valence-electron chi connectivity index (χ3n) is 3.38. The lowest BCUT2D eigenvalue weighted by molar-refractivity contribution is -0.113. The summed E-state index contributed by atoms with van der Waals surface area (Å²) in [6.07, 6.45) is 1.74. The standard InChI is InChI=1S/C17H12BrNO3S2/c1-22-14-8-10(2-7-13(14)20)9-15-16(21)19(17(23)24-15)12-5-3-11(18)4-6-12/h2-9,20H,1H3/b15-9+. The van der Waals surface area contributed by atoms with Gasteiger partial charge in [0.1, 0.15) is 0 Å². The molecule has 2 aromatic rings. The van der Waals surface area contributed by atoms with Gasteiger partial charge >= 0.3 is 0 Å². The number of hydrogen-bond donors (Lipinski definition) is 1. The number of hydrogen-bond acceptors (Lipinski definition) is 5. The fourth-order valence-corrected chi connectivity index (χ4v) is 3.78. The number of thiocarbonyl (C=S) groups is 1. The fraction of sp³-hybridized carbons (Fsp3) is 0.0588. The van der Waals surface area contributed by atoms with Crippen LogP contribution in [0.5, 0.6) is 11.5 Å². The predicted octanol–water partition coefficient (Wildman–Crippen LogP) is 4.57. The molecule has 1 saturated heterocycles. The van der Waals surface area contributed by atoms with Crippen LogP contribution in [0.25, 0.3) is 6.08 Å². The van der Waals surface area contributed by atoms with Gasteiger partial charge in [0.2, 0.25) is 0 Å². The molecule has 122 valence electrons. The Morgan fingerprint density at radius 2 is 1.96 bits per heavy atom. The molecule has 1 aliphatic heterocycles. The quantitative estimate of drug-likeness (QED) is 0.580. The number of phenolic OH excluding ortho intramolecular Hbond substituents is 1. The van der Waals surface area contributed by atoms with Gasteiger partial charge in [0.15, 0.2) is 15.8 Å². The number of methoxy groups -OCH3 is 1. The molecule has 0 atom stereocenters. The van der Waals surface area contributed by atoms with E-state index < -0.39 is 0 Å². The van der Waals surface area contributed by atoms with Gasteiger partial charge in [-0.25, -0.2) is 0 Å². The average molecular weight is 422 g/mol. The van der Waals surface area contributed by atoms with E-state index in [4.69, 9.17) is 17.0 Å². The first-order valence-corrected chi connectivity index (χ1v) is 8.92. The van der Waals surface area contributed by atoms with Crippen LogP contribution in [0.15, 0.2) is 51.8 Å². The second-order valence-electron chi connectivity index (χ2n) is 4.92. The number of carbonyl (C=O) groups is 1. The number of rotatable bonds is 3. The fourth-order valence-electron chi connectivity index (χ4n) is 2.22. The normalized spacial score (nSPS) is 16.1. The summed E-state index contributed by atoms with van der Waals surface area (Å²) in [6.45, 7) is 0. The smallest absolute Gasteiger partial charge is 0.270 e. The largest absolute Gasteiger partial charge is 0.504 e. The molecular formula is C17H12BrNO3S2. The van der Waals surface area contributed by atoms with Gasteiger partial charge in [-0.2, -0.15) is 0 Å². The summed E-state index contributed by atoms with van der Waals surface area (Å²) >= 11 is 9.97. The highest BCUT2D eigenvalue weighted by Crippen LogP contribution is 2.37. The molecule has 0 aromatic heterocycles. The maximum absolute atomic E-state index is 12.7. The number of benzene rings is 2. The third kappa shape index (κ3) is 3.33. The molecule has 1 heterocycles. The molecule has 1 fully saturated rings. The summed E-state index contributed by atoms with van der Waals surface area (Å²) in [6, 6.07) is 12.3. The van der Waals surface area contributed by atoms with E-state index >= 15 is 0 Å². The van der Waals surface area contributed by atoms with Crippen LogP contribution in [-0.4, -0.2) is 22.4 Å². The first-order chi connectivity index (χ1) is 11.5. The van der Waals surface area contributed by atoms with E-state index in [0.717, 1.165) is 15.7 Å². The molecule has 1 aliphatic rings. The number of amides is 1. The van der Waals surface area contributed by atoms with Crippen LogP contribution >= 0.6 is 39.9 Å². The van der Waals surface area contributed by atoms with Crippen molar-refractivity contribution in [2.75, 3.05) is 12.0 Å². The van der Waals surface area contributed by atoms with E-state index in [1.165, 1.54) is 29.8 Å². The Labute approximate surface area is 157 Å². The van der Waals surface area contributed by atoms with Crippen molar-refractivity contribution in [3.63, 3.8) is 0 Å². The van der Waals surface area contributed by atoms with Gasteiger partial charge < -0.3 is 9.84 Å². The first kappa shape index (κ1) is 17.0. The van der Waals surface area contributed by atoms with Gasteiger partial charge in [-0.3, -0.25) is 9.69 Å². The molecule has 4 nitrogen and oxygen atoms in total. The minimum atomic E-state index is -0.167. The number of carbonyl (C=O) groups excluding carboxylic acids is 1. The second-order valence-corrected chi connectivity index (χ2v) is 7.52. The number of anilines is 1. The van der Waals surface area contributed by atoms with Gasteiger partial charge in [0.25, 0.3) is 5.91 Å². The Morgan fingerprint density at radius 3 is 2.62 bits per heavy atom. The summed E-state index contributed by atoms with van der Waals surface area (Å²) in [4.78, 5) is 14.7. The number of halogens is 1. The van der Waals surface area contributed by atoms with Crippen molar-refractivity contribution in [3.05, 3.63) is 57.4 Å². The third-order valence-corrected chi connectivity index (χ3v) is 5.21. The highest BCUT2D eigenvalue weighted by Gasteiger charge is 2.33. The number of thioether (sulfide) groups is 1. The van der Waals surface area contributed by atoms with Crippen molar-refractivity contribution >= 4 is 61.9 Å². The lowest BCUT2D eigenvalue weighted by Gasteiger charge is -2.14. The molecule has 1 amide bonds. The Bertz CT molecular complexity index is 849. The van der Waals surface area contributed by atoms with E-state index in [1.54, 1.807) is 18.2 Å². The SMILES string of the molecule is COc1cc(/C=C2/SC(=S)N(c3ccc(Br)cc3)C2=O)ccc1O. The van der Waals surface area contributed by atoms with Gasteiger partial charge in [0.05, 0.1) is 17.7 Å². The number of phenols is 1. The molecular weight excluding hydrogens is 410 g/mol. The van der Waals surface area contributed by atoms with Crippen LogP contribution in [-0.2, 0) is 4.79 Å². The van der Waals surface area contributed by atoms with Crippen molar-refractivity contribution in [2.45, 2.75) is 0 Å². The predicted molar refractivity (Wildman–Crippen MR) is 104 cm³/mol. The van der Waals surface area contributed by atoms with E-state index in [0.29, 0.717) is 15.0 Å². The van der Waals surface area contributed by atoms with Crippen LogP contribution in [0.2, 0.25) is 0 Å². The molecule has 0 saturated carbocycles. The molecule has 24 heavy (non-hydrogen) atoms. The van der Waals surface area contributed by atoms with Crippen molar-refractivity contribution in [2.24, 2.45) is 0 Å². The molecule has 3 rings (SSSR count). The van der Waals surface area contributed by atoms with Gasteiger partial charge in [-0.1, -0.05) is 46.0 Å². The van der Waals surface area contributed by atoms with E-state index in [-0.39, 0.29) is 11.7 Å². The summed E-state index contributed by atoms with van der Waals surface area (Å²) in [5.74, 6) is 0.239. The van der Waals surface area contributed by atoms with Crippen LogP contribution in [0.1, 0.15) is 5.56 Å². The van der Waals surface area contributed by atoms with Gasteiger partial charge in [-0.05, 0) is 48.0 Å².